The van der Waals surface area contributed by atoms with Gasteiger partial charge in [-0.1, -0.05) is 0 Å². The highest BCUT2D eigenvalue weighted by molar-refractivity contribution is 6.44. The van der Waals surface area contributed by atoms with Crippen molar-refractivity contribution in [2.24, 2.45) is 32.2 Å². The highest BCUT2D eigenvalue weighted by Crippen LogP contribution is 2.68. The fourth-order valence-electron chi connectivity index (χ4n) is 6.27. The molecule has 4 heterocycles. The maximum atomic E-state index is 9.06. The van der Waals surface area contributed by atoms with Crippen LogP contribution in [0.15, 0.2) is 33.4 Å². The zero-order valence-electron chi connectivity index (χ0n) is 17.1. The molecule has 0 radical (unpaired) electrons. The van der Waals surface area contributed by atoms with E-state index < -0.39 is 0 Å². The fraction of sp³-hybridized carbons (Fsp3) is 0.542. The summed E-state index contributed by atoms with van der Waals surface area (Å²) in [5.41, 5.74) is 4.83. The van der Waals surface area contributed by atoms with Gasteiger partial charge in [-0.05, 0) is 79.7 Å². The lowest BCUT2D eigenvalue weighted by molar-refractivity contribution is 0.231. The molecule has 0 aromatic carbocycles. The number of amidine groups is 1. The molecule has 6 rings (SSSR count). The van der Waals surface area contributed by atoms with E-state index in [1.165, 1.54) is 43.1 Å². The first-order valence-electron chi connectivity index (χ1n) is 11.3. The number of aliphatic imine (C=N–C) groups is 3. The highest BCUT2D eigenvalue weighted by Gasteiger charge is 2.58. The van der Waals surface area contributed by atoms with Gasteiger partial charge in [0, 0.05) is 24.2 Å². The Balaban J connectivity index is 1.35. The second kappa shape index (κ2) is 6.87. The summed E-state index contributed by atoms with van der Waals surface area (Å²) >= 11 is 0. The third kappa shape index (κ3) is 2.83. The molecule has 2 fully saturated rings. The minimum atomic E-state index is 0.479. The number of hydrogen-bond acceptors (Lipinski definition) is 5. The molecular weight excluding hydrogens is 372 g/mol. The molecule has 2 aliphatic carbocycles. The number of hydrogen-bond donors (Lipinski definition) is 1. The second-order valence-corrected chi connectivity index (χ2v) is 9.46. The summed E-state index contributed by atoms with van der Waals surface area (Å²) in [7, 11) is 0. The van der Waals surface area contributed by atoms with Crippen LogP contribution >= 0.6 is 0 Å². The van der Waals surface area contributed by atoms with E-state index in [2.05, 4.69) is 32.1 Å². The van der Waals surface area contributed by atoms with Gasteiger partial charge in [0.1, 0.15) is 5.65 Å². The normalized spacial score (nSPS) is 32.4. The summed E-state index contributed by atoms with van der Waals surface area (Å²) in [5.74, 6) is 2.62. The van der Waals surface area contributed by atoms with Crippen molar-refractivity contribution in [1.82, 2.24) is 9.97 Å². The van der Waals surface area contributed by atoms with Gasteiger partial charge < -0.3 is 4.98 Å². The van der Waals surface area contributed by atoms with Gasteiger partial charge in [-0.15, -0.1) is 0 Å². The van der Waals surface area contributed by atoms with Crippen molar-refractivity contribution in [2.75, 3.05) is 6.54 Å². The topological polar surface area (TPSA) is 89.5 Å². The fourth-order valence-corrected chi connectivity index (χ4v) is 6.27. The van der Waals surface area contributed by atoms with Crippen molar-refractivity contribution in [3.63, 3.8) is 0 Å². The Hall–Kier alpha value is -2.81. The molecule has 2 saturated carbocycles. The molecule has 0 saturated heterocycles. The van der Waals surface area contributed by atoms with Gasteiger partial charge in [0.2, 0.25) is 0 Å². The molecule has 2 aliphatic heterocycles. The van der Waals surface area contributed by atoms with E-state index in [-0.39, 0.29) is 0 Å². The number of nitrogens with zero attached hydrogens (tertiary/aromatic N) is 5. The number of aromatic amines is 1. The summed E-state index contributed by atoms with van der Waals surface area (Å²) < 4.78 is 0. The van der Waals surface area contributed by atoms with Crippen LogP contribution in [0.3, 0.4) is 0 Å². The number of nitriles is 1. The molecular formula is C24H26N6. The molecule has 2 aromatic rings. The molecule has 0 bridgehead atoms. The van der Waals surface area contributed by atoms with Crippen LogP contribution in [-0.4, -0.2) is 34.3 Å². The van der Waals surface area contributed by atoms with Crippen LogP contribution in [0.2, 0.25) is 0 Å². The number of nitrogens with one attached hydrogen (secondary N) is 1. The number of fused-ring (bicyclic) bond motifs is 3. The molecule has 152 valence electrons. The molecule has 2 unspecified atom stereocenters. The quantitative estimate of drug-likeness (QED) is 0.779. The standard InChI is InChI=1S/C24H26N6/c25-9-5-15-3-7-24(8-4-15)13-18(24)16-1-2-19(23-27-11-12-28-23)30-20-14-29-22-17(21(16)20)6-10-26-22/h6,10-11,14-16,18H,1-5,7-8,12-13H2,(H,26,29). The molecule has 6 heteroatoms. The SMILES string of the molecule is N#CCC1CCC2(CC1)CC2C1CCC(C2=NCC=N2)=Nc2cnc3[nH]ccc3c21. The molecule has 2 aromatic heterocycles. The predicted molar refractivity (Wildman–Crippen MR) is 119 cm³/mol. The molecule has 30 heavy (non-hydrogen) atoms. The van der Waals surface area contributed by atoms with Gasteiger partial charge in [-0.25, -0.2) is 15.0 Å². The summed E-state index contributed by atoms with van der Waals surface area (Å²) in [4.78, 5) is 22.0. The number of aromatic nitrogens is 2. The third-order valence-corrected chi connectivity index (χ3v) is 7.94. The largest absolute Gasteiger partial charge is 0.346 e. The van der Waals surface area contributed by atoms with Crippen LogP contribution in [0, 0.1) is 28.6 Å². The van der Waals surface area contributed by atoms with Gasteiger partial charge in [0.05, 0.1) is 30.2 Å². The summed E-state index contributed by atoms with van der Waals surface area (Å²) in [6.45, 7) is 0.662. The van der Waals surface area contributed by atoms with Crippen LogP contribution in [-0.2, 0) is 0 Å². The molecule has 6 nitrogen and oxygen atoms in total. The summed E-state index contributed by atoms with van der Waals surface area (Å²) in [6, 6.07) is 4.55. The highest BCUT2D eigenvalue weighted by atomic mass is 15.0. The minimum absolute atomic E-state index is 0.479. The Labute approximate surface area is 176 Å². The number of pyridine rings is 1. The lowest BCUT2D eigenvalue weighted by atomic mass is 9.74. The predicted octanol–water partition coefficient (Wildman–Crippen LogP) is 5.11. The van der Waals surface area contributed by atoms with Crippen LogP contribution in [0.25, 0.3) is 11.0 Å². The van der Waals surface area contributed by atoms with E-state index in [0.717, 1.165) is 42.1 Å². The first-order valence-corrected chi connectivity index (χ1v) is 11.3. The number of H-pyrrole nitrogens is 1. The average Bonchev–Trinajstić information content (AvgIpc) is 3.12. The number of rotatable bonds is 3. The van der Waals surface area contributed by atoms with Crippen molar-refractivity contribution in [2.45, 2.75) is 57.3 Å². The smallest absolute Gasteiger partial charge is 0.169 e. The van der Waals surface area contributed by atoms with Gasteiger partial charge >= 0.3 is 0 Å². The van der Waals surface area contributed by atoms with Crippen LogP contribution in [0.4, 0.5) is 5.69 Å². The first kappa shape index (κ1) is 18.0. The van der Waals surface area contributed by atoms with Crippen molar-refractivity contribution in [1.29, 1.82) is 5.26 Å². The Morgan fingerprint density at radius 1 is 1.23 bits per heavy atom. The van der Waals surface area contributed by atoms with E-state index in [4.69, 9.17) is 10.3 Å². The van der Waals surface area contributed by atoms with Crippen LogP contribution in [0.5, 0.6) is 0 Å². The third-order valence-electron chi connectivity index (χ3n) is 7.94. The molecule has 4 aliphatic rings. The van der Waals surface area contributed by atoms with Crippen molar-refractivity contribution >= 4 is 34.5 Å². The molecule has 1 N–H and O–H groups in total. The van der Waals surface area contributed by atoms with Gasteiger partial charge in [0.25, 0.3) is 0 Å². The van der Waals surface area contributed by atoms with Gasteiger partial charge in [0.15, 0.2) is 5.84 Å². The van der Waals surface area contributed by atoms with Crippen LogP contribution < -0.4 is 0 Å². The van der Waals surface area contributed by atoms with Crippen LogP contribution in [0.1, 0.15) is 62.8 Å². The van der Waals surface area contributed by atoms with Crippen molar-refractivity contribution in [3.05, 3.63) is 24.0 Å². The van der Waals surface area contributed by atoms with E-state index in [1.807, 2.05) is 18.6 Å². The maximum absolute atomic E-state index is 9.06. The van der Waals surface area contributed by atoms with Crippen molar-refractivity contribution < 1.29 is 0 Å². The Bertz CT molecular complexity index is 1120. The van der Waals surface area contributed by atoms with Gasteiger partial charge in [-0.3, -0.25) is 4.99 Å². The Kier molecular flexibility index (Phi) is 4.12. The van der Waals surface area contributed by atoms with E-state index in [0.29, 0.717) is 29.7 Å². The average molecular weight is 399 g/mol. The minimum Gasteiger partial charge on any atom is -0.346 e. The van der Waals surface area contributed by atoms with Crippen molar-refractivity contribution in [3.8, 4) is 6.07 Å². The maximum Gasteiger partial charge on any atom is 0.169 e. The zero-order valence-corrected chi connectivity index (χ0v) is 17.1. The molecule has 2 atom stereocenters. The van der Waals surface area contributed by atoms with E-state index in [9.17, 15) is 0 Å². The Morgan fingerprint density at radius 3 is 2.93 bits per heavy atom. The molecule has 0 amide bonds. The van der Waals surface area contributed by atoms with Gasteiger partial charge in [-0.2, -0.15) is 5.26 Å². The second-order valence-electron chi connectivity index (χ2n) is 9.46. The lowest BCUT2D eigenvalue weighted by Crippen LogP contribution is -2.19. The van der Waals surface area contributed by atoms with E-state index in [1.54, 1.807) is 0 Å². The lowest BCUT2D eigenvalue weighted by Gasteiger charge is -2.30. The summed E-state index contributed by atoms with van der Waals surface area (Å²) in [5, 5.41) is 10.3. The first-order chi connectivity index (χ1) is 14.8. The Morgan fingerprint density at radius 2 is 2.13 bits per heavy atom. The zero-order chi connectivity index (χ0) is 20.1. The molecule has 1 spiro atoms. The van der Waals surface area contributed by atoms with E-state index >= 15 is 0 Å². The monoisotopic (exact) mass is 398 g/mol. The summed E-state index contributed by atoms with van der Waals surface area (Å²) in [6.07, 6.45) is 14.8.